The summed E-state index contributed by atoms with van der Waals surface area (Å²) in [7, 11) is 0. The van der Waals surface area contributed by atoms with E-state index >= 15 is 0 Å². The second-order valence-corrected chi connectivity index (χ2v) is 21.0. The molecule has 0 aliphatic heterocycles. The molecule has 0 fully saturated rings. The molecule has 2 unspecified atom stereocenters. The van der Waals surface area contributed by atoms with E-state index in [1.54, 1.807) is 0 Å². The van der Waals surface area contributed by atoms with Crippen molar-refractivity contribution in [2.75, 3.05) is 13.2 Å². The summed E-state index contributed by atoms with van der Waals surface area (Å²) >= 11 is 0.353. The third-order valence-corrected chi connectivity index (χ3v) is 9.71. The lowest BCUT2D eigenvalue weighted by Gasteiger charge is -2.31. The van der Waals surface area contributed by atoms with Gasteiger partial charge in [0.2, 0.25) is 10.9 Å². The number of hydrogen-bond donors (Lipinski definition) is 4. The molecular weight excluding hydrogens is 665 g/mol. The van der Waals surface area contributed by atoms with E-state index in [9.17, 15) is 30.0 Å². The SMILES string of the molecule is CC(C)(COC(=O)C(O)SC(O)C(=O)OCC(C)(C)Cc1cc(C(C)(C)C)c(O)c(C(C)(C)C)c1)Cc1cc(C(C)(C)C)c(O)c(C(C)(C)C)c1. The van der Waals surface area contributed by atoms with Crippen LogP contribution in [0.25, 0.3) is 0 Å². The van der Waals surface area contributed by atoms with Crippen LogP contribution < -0.4 is 0 Å². The van der Waals surface area contributed by atoms with Gasteiger partial charge in [0.15, 0.2) is 0 Å². The predicted molar refractivity (Wildman–Crippen MR) is 208 cm³/mol. The summed E-state index contributed by atoms with van der Waals surface area (Å²) in [6.07, 6.45) is 1.08. The highest BCUT2D eigenvalue weighted by Gasteiger charge is 2.33. The van der Waals surface area contributed by atoms with Gasteiger partial charge in [-0.05, 0) is 67.9 Å². The number of ether oxygens (including phenoxy) is 2. The van der Waals surface area contributed by atoms with E-state index in [2.05, 4.69) is 83.1 Å². The molecule has 0 saturated carbocycles. The maximum Gasteiger partial charge on any atom is 0.345 e. The third-order valence-electron chi connectivity index (χ3n) is 8.81. The number of phenols is 2. The van der Waals surface area contributed by atoms with Crippen LogP contribution in [0.1, 0.15) is 144 Å². The monoisotopic (exact) mass is 730 g/mol. The molecule has 0 aromatic heterocycles. The third kappa shape index (κ3) is 12.7. The van der Waals surface area contributed by atoms with Gasteiger partial charge < -0.3 is 29.9 Å². The first-order valence-electron chi connectivity index (χ1n) is 17.8. The lowest BCUT2D eigenvalue weighted by molar-refractivity contribution is -0.152. The number of phenolic OH excluding ortho intramolecular Hbond substituents is 2. The van der Waals surface area contributed by atoms with Crippen molar-refractivity contribution in [2.24, 2.45) is 10.8 Å². The van der Waals surface area contributed by atoms with Crippen LogP contribution in [0.5, 0.6) is 11.5 Å². The Kier molecular flexibility index (Phi) is 13.7. The quantitative estimate of drug-likeness (QED) is 0.125. The summed E-state index contributed by atoms with van der Waals surface area (Å²) in [5.74, 6) is -1.34. The summed E-state index contributed by atoms with van der Waals surface area (Å²) in [5.41, 5.74) is -0.403. The predicted octanol–water partition coefficient (Wildman–Crippen LogP) is 8.58. The van der Waals surface area contributed by atoms with E-state index in [1.165, 1.54) is 0 Å². The average molecular weight is 731 g/mol. The zero-order valence-corrected chi connectivity index (χ0v) is 34.9. The molecule has 2 aromatic rings. The van der Waals surface area contributed by atoms with Gasteiger partial charge in [0.1, 0.15) is 11.5 Å². The van der Waals surface area contributed by atoms with Crippen LogP contribution in [0.2, 0.25) is 0 Å². The second kappa shape index (κ2) is 15.7. The Morgan fingerprint density at radius 3 is 0.980 bits per heavy atom. The van der Waals surface area contributed by atoms with Crippen LogP contribution >= 0.6 is 11.8 Å². The Balaban J connectivity index is 2.04. The van der Waals surface area contributed by atoms with Gasteiger partial charge in [-0.1, -0.05) is 147 Å². The minimum atomic E-state index is -1.80. The van der Waals surface area contributed by atoms with E-state index in [1.807, 2.05) is 52.0 Å². The van der Waals surface area contributed by atoms with Crippen molar-refractivity contribution in [2.45, 2.75) is 156 Å². The average Bonchev–Trinajstić information content (AvgIpc) is 2.93. The number of carbonyl (C=O) groups is 2. The van der Waals surface area contributed by atoms with Gasteiger partial charge in [0.25, 0.3) is 0 Å². The first-order valence-corrected chi connectivity index (χ1v) is 18.8. The second-order valence-electron chi connectivity index (χ2n) is 19.8. The molecule has 0 bridgehead atoms. The highest BCUT2D eigenvalue weighted by Crippen LogP contribution is 2.42. The van der Waals surface area contributed by atoms with Crippen LogP contribution in [-0.2, 0) is 53.6 Å². The molecule has 8 nitrogen and oxygen atoms in total. The number of esters is 2. The highest BCUT2D eigenvalue weighted by atomic mass is 32.2. The Morgan fingerprint density at radius 1 is 0.529 bits per heavy atom. The molecule has 2 aromatic carbocycles. The van der Waals surface area contributed by atoms with E-state index in [0.717, 1.165) is 33.4 Å². The molecule has 0 amide bonds. The Labute approximate surface area is 311 Å². The molecule has 0 aliphatic carbocycles. The zero-order valence-electron chi connectivity index (χ0n) is 34.1. The molecule has 51 heavy (non-hydrogen) atoms. The Bertz CT molecular complexity index is 1360. The fourth-order valence-electron chi connectivity index (χ4n) is 6.00. The Morgan fingerprint density at radius 2 is 0.765 bits per heavy atom. The van der Waals surface area contributed by atoms with Gasteiger partial charge in [-0.2, -0.15) is 0 Å². The molecule has 4 N–H and O–H groups in total. The summed E-state index contributed by atoms with van der Waals surface area (Å²) in [6, 6.07) is 8.00. The first kappa shape index (κ1) is 44.4. The summed E-state index contributed by atoms with van der Waals surface area (Å²) < 4.78 is 10.9. The number of aliphatic hydroxyl groups excluding tert-OH is 2. The molecule has 2 rings (SSSR count). The van der Waals surface area contributed by atoms with E-state index in [4.69, 9.17) is 9.47 Å². The van der Waals surface area contributed by atoms with Crippen molar-refractivity contribution in [3.8, 4) is 11.5 Å². The van der Waals surface area contributed by atoms with Gasteiger partial charge in [-0.25, -0.2) is 9.59 Å². The number of aliphatic hydroxyl groups is 2. The molecule has 0 radical (unpaired) electrons. The minimum absolute atomic E-state index is 0.0140. The van der Waals surface area contributed by atoms with Gasteiger partial charge in [-0.3, -0.25) is 0 Å². The Hall–Kier alpha value is -2.75. The lowest BCUT2D eigenvalue weighted by atomic mass is 9.76. The summed E-state index contributed by atoms with van der Waals surface area (Å²) in [4.78, 5) is 25.5. The van der Waals surface area contributed by atoms with Gasteiger partial charge in [-0.15, -0.1) is 0 Å². The molecule has 0 heterocycles. The first-order chi connectivity index (χ1) is 22.7. The van der Waals surface area contributed by atoms with Crippen molar-refractivity contribution in [1.29, 1.82) is 0 Å². The van der Waals surface area contributed by atoms with Crippen LogP contribution in [-0.4, -0.2) is 56.5 Å². The van der Waals surface area contributed by atoms with Crippen molar-refractivity contribution < 1.29 is 39.5 Å². The molecule has 288 valence electrons. The summed E-state index contributed by atoms with van der Waals surface area (Å²) in [6.45, 7) is 32.4. The van der Waals surface area contributed by atoms with Crippen molar-refractivity contribution in [3.05, 3.63) is 57.6 Å². The number of aromatic hydroxyl groups is 2. The van der Waals surface area contributed by atoms with Crippen LogP contribution in [0.4, 0.5) is 0 Å². The van der Waals surface area contributed by atoms with Crippen LogP contribution in [0.15, 0.2) is 24.3 Å². The maximum atomic E-state index is 12.7. The minimum Gasteiger partial charge on any atom is -0.507 e. The van der Waals surface area contributed by atoms with E-state index in [-0.39, 0.29) is 34.9 Å². The molecule has 0 spiro atoms. The fourth-order valence-corrected chi connectivity index (χ4v) is 6.60. The number of hydrogen-bond acceptors (Lipinski definition) is 9. The number of carbonyl (C=O) groups excluding carboxylic acids is 2. The van der Waals surface area contributed by atoms with Crippen LogP contribution in [0, 0.1) is 10.8 Å². The van der Waals surface area contributed by atoms with Gasteiger partial charge in [0.05, 0.1) is 13.2 Å². The van der Waals surface area contributed by atoms with Crippen molar-refractivity contribution in [3.63, 3.8) is 0 Å². The highest BCUT2D eigenvalue weighted by molar-refractivity contribution is 8.01. The van der Waals surface area contributed by atoms with E-state index < -0.39 is 33.6 Å². The smallest absolute Gasteiger partial charge is 0.345 e. The normalized spacial score (nSPS) is 14.6. The lowest BCUT2D eigenvalue weighted by Crippen LogP contribution is -2.32. The molecule has 0 saturated heterocycles. The molecule has 0 aliphatic rings. The zero-order chi connectivity index (χ0) is 39.7. The van der Waals surface area contributed by atoms with Gasteiger partial charge in [0, 0.05) is 10.8 Å². The van der Waals surface area contributed by atoms with E-state index in [0.29, 0.717) is 36.1 Å². The fraction of sp³-hybridized carbons (Fsp3) is 0.667. The molecule has 9 heteroatoms. The summed E-state index contributed by atoms with van der Waals surface area (Å²) in [5, 5.41) is 43.2. The molecule has 2 atom stereocenters. The standard InChI is InChI=1S/C42H66O8S/c1-37(2,3)27-17-25(18-28(31(27)43)38(4,5)6)21-41(13,14)23-49-33(45)35(47)51-36(48)34(46)50-24-42(15,16)22-26-19-29(39(7,8)9)32(44)30(20-26)40(10,11)12/h17-20,35-36,43-44,47-48H,21-24H2,1-16H3. The van der Waals surface area contributed by atoms with Crippen molar-refractivity contribution in [1.82, 2.24) is 0 Å². The molecular formula is C42H66O8S. The van der Waals surface area contributed by atoms with Gasteiger partial charge >= 0.3 is 11.9 Å². The largest absolute Gasteiger partial charge is 0.507 e. The maximum absolute atomic E-state index is 12.7. The van der Waals surface area contributed by atoms with Crippen molar-refractivity contribution >= 4 is 23.7 Å². The number of benzene rings is 2. The number of rotatable bonds is 12. The number of thioether (sulfide) groups is 1. The topological polar surface area (TPSA) is 134 Å². The van der Waals surface area contributed by atoms with Crippen LogP contribution in [0.3, 0.4) is 0 Å².